The van der Waals surface area contributed by atoms with E-state index < -0.39 is 0 Å². The van der Waals surface area contributed by atoms with Gasteiger partial charge in [-0.15, -0.1) is 11.3 Å². The minimum Gasteiger partial charge on any atom is -0.508 e. The normalized spacial score (nSPS) is 12.1. The number of benzene rings is 1. The average molecular weight is 276 g/mol. The van der Waals surface area contributed by atoms with Crippen molar-refractivity contribution in [3.8, 4) is 5.75 Å². The van der Waals surface area contributed by atoms with E-state index in [1.54, 1.807) is 34.0 Å². The summed E-state index contributed by atoms with van der Waals surface area (Å²) in [4.78, 5) is 18.1. The molecule has 1 atom stereocenters. The zero-order valence-corrected chi connectivity index (χ0v) is 11.7. The minimum absolute atomic E-state index is 0.0837. The van der Waals surface area contributed by atoms with Crippen LogP contribution in [0.3, 0.4) is 0 Å². The number of phenols is 1. The van der Waals surface area contributed by atoms with Crippen LogP contribution in [0, 0.1) is 0 Å². The highest BCUT2D eigenvalue weighted by atomic mass is 32.1. The fourth-order valence-electron chi connectivity index (χ4n) is 2.02. The molecule has 2 rings (SSSR count). The molecule has 0 saturated heterocycles. The molecule has 19 heavy (non-hydrogen) atoms. The van der Waals surface area contributed by atoms with Gasteiger partial charge >= 0.3 is 0 Å². The van der Waals surface area contributed by atoms with E-state index in [2.05, 4.69) is 4.98 Å². The standard InChI is InChI=1S/C14H16N2O2S/c1-3-16(14(18)13-8-19-9-15-13)10(2)11-5-4-6-12(17)7-11/h4-10,17H,3H2,1-2H3. The summed E-state index contributed by atoms with van der Waals surface area (Å²) in [5, 5.41) is 11.3. The molecule has 0 saturated carbocycles. The van der Waals surface area contributed by atoms with E-state index in [-0.39, 0.29) is 17.7 Å². The SMILES string of the molecule is CCN(C(=O)c1cscn1)C(C)c1cccc(O)c1. The van der Waals surface area contributed by atoms with Crippen LogP contribution in [0.2, 0.25) is 0 Å². The lowest BCUT2D eigenvalue weighted by Gasteiger charge is -2.27. The Labute approximate surface area is 116 Å². The lowest BCUT2D eigenvalue weighted by Crippen LogP contribution is -2.33. The van der Waals surface area contributed by atoms with Gasteiger partial charge in [-0.05, 0) is 31.5 Å². The van der Waals surface area contributed by atoms with Crippen molar-refractivity contribution in [1.29, 1.82) is 0 Å². The van der Waals surface area contributed by atoms with Crippen molar-refractivity contribution >= 4 is 17.2 Å². The van der Waals surface area contributed by atoms with Crippen LogP contribution in [0.25, 0.3) is 0 Å². The molecule has 1 aromatic carbocycles. The third-order valence-electron chi connectivity index (χ3n) is 3.07. The van der Waals surface area contributed by atoms with E-state index in [4.69, 9.17) is 0 Å². The molecule has 0 bridgehead atoms. The third kappa shape index (κ3) is 2.93. The Kier molecular flexibility index (Phi) is 4.16. The maximum Gasteiger partial charge on any atom is 0.273 e. The van der Waals surface area contributed by atoms with Crippen molar-refractivity contribution < 1.29 is 9.90 Å². The van der Waals surface area contributed by atoms with E-state index >= 15 is 0 Å². The van der Waals surface area contributed by atoms with Crippen LogP contribution >= 0.6 is 11.3 Å². The predicted molar refractivity (Wildman–Crippen MR) is 75.3 cm³/mol. The Bertz CT molecular complexity index is 554. The van der Waals surface area contributed by atoms with E-state index in [1.807, 2.05) is 19.9 Å². The zero-order valence-electron chi connectivity index (χ0n) is 10.9. The van der Waals surface area contributed by atoms with Gasteiger partial charge in [0.2, 0.25) is 0 Å². The first-order valence-corrected chi connectivity index (χ1v) is 7.05. The highest BCUT2D eigenvalue weighted by Gasteiger charge is 2.22. The Morgan fingerprint density at radius 3 is 2.89 bits per heavy atom. The summed E-state index contributed by atoms with van der Waals surface area (Å²) in [5.41, 5.74) is 3.03. The van der Waals surface area contributed by atoms with Crippen LogP contribution in [-0.4, -0.2) is 27.4 Å². The summed E-state index contributed by atoms with van der Waals surface area (Å²) in [6, 6.07) is 6.88. The van der Waals surface area contributed by atoms with Crippen molar-refractivity contribution in [3.63, 3.8) is 0 Å². The lowest BCUT2D eigenvalue weighted by atomic mass is 10.1. The topological polar surface area (TPSA) is 53.4 Å². The Morgan fingerprint density at radius 2 is 2.32 bits per heavy atom. The molecule has 0 aliphatic carbocycles. The van der Waals surface area contributed by atoms with Crippen LogP contribution in [0.4, 0.5) is 0 Å². The smallest absolute Gasteiger partial charge is 0.273 e. The number of hydrogen-bond acceptors (Lipinski definition) is 4. The largest absolute Gasteiger partial charge is 0.508 e. The number of carbonyl (C=O) groups is 1. The Morgan fingerprint density at radius 1 is 1.53 bits per heavy atom. The maximum absolute atomic E-state index is 12.3. The Hall–Kier alpha value is -1.88. The molecule has 0 fully saturated rings. The molecule has 1 N–H and O–H groups in total. The third-order valence-corrected chi connectivity index (χ3v) is 3.66. The second-order valence-corrected chi connectivity index (χ2v) is 4.95. The van der Waals surface area contributed by atoms with E-state index in [0.29, 0.717) is 12.2 Å². The molecule has 1 aromatic heterocycles. The van der Waals surface area contributed by atoms with Crippen molar-refractivity contribution in [2.24, 2.45) is 0 Å². The van der Waals surface area contributed by atoms with Gasteiger partial charge in [0.05, 0.1) is 11.6 Å². The molecule has 1 heterocycles. The molecular formula is C14H16N2O2S. The molecule has 1 unspecified atom stereocenters. The highest BCUT2D eigenvalue weighted by molar-refractivity contribution is 7.07. The summed E-state index contributed by atoms with van der Waals surface area (Å²) >= 11 is 1.41. The molecule has 1 amide bonds. The van der Waals surface area contributed by atoms with Crippen molar-refractivity contribution in [1.82, 2.24) is 9.88 Å². The molecule has 100 valence electrons. The van der Waals surface area contributed by atoms with Gasteiger partial charge in [-0.25, -0.2) is 4.98 Å². The van der Waals surface area contributed by atoms with Gasteiger partial charge in [-0.3, -0.25) is 4.79 Å². The minimum atomic E-state index is -0.105. The van der Waals surface area contributed by atoms with E-state index in [1.165, 1.54) is 11.3 Å². The number of aromatic nitrogens is 1. The first-order chi connectivity index (χ1) is 9.13. The molecule has 4 nitrogen and oxygen atoms in total. The molecule has 0 radical (unpaired) electrons. The summed E-state index contributed by atoms with van der Waals surface area (Å²) in [5.74, 6) is 0.126. The summed E-state index contributed by atoms with van der Waals surface area (Å²) < 4.78 is 0. The monoisotopic (exact) mass is 276 g/mol. The average Bonchev–Trinajstić information content (AvgIpc) is 2.93. The van der Waals surface area contributed by atoms with Crippen LogP contribution < -0.4 is 0 Å². The first-order valence-electron chi connectivity index (χ1n) is 6.11. The predicted octanol–water partition coefficient (Wildman–Crippen LogP) is 3.07. The second-order valence-electron chi connectivity index (χ2n) is 4.24. The van der Waals surface area contributed by atoms with Gasteiger partial charge in [-0.2, -0.15) is 0 Å². The van der Waals surface area contributed by atoms with Gasteiger partial charge in [0.15, 0.2) is 0 Å². The van der Waals surface area contributed by atoms with Gasteiger partial charge in [0.1, 0.15) is 11.4 Å². The van der Waals surface area contributed by atoms with Gasteiger partial charge in [0.25, 0.3) is 5.91 Å². The first kappa shape index (κ1) is 13.5. The van der Waals surface area contributed by atoms with Crippen molar-refractivity contribution in [2.45, 2.75) is 19.9 Å². The molecule has 0 spiro atoms. The quantitative estimate of drug-likeness (QED) is 0.933. The highest BCUT2D eigenvalue weighted by Crippen LogP contribution is 2.24. The molecule has 5 heteroatoms. The number of rotatable bonds is 4. The van der Waals surface area contributed by atoms with Gasteiger partial charge in [0, 0.05) is 11.9 Å². The number of phenolic OH excluding ortho intramolecular Hbond substituents is 1. The molecule has 0 aliphatic heterocycles. The van der Waals surface area contributed by atoms with Crippen LogP contribution in [0.15, 0.2) is 35.2 Å². The van der Waals surface area contributed by atoms with E-state index in [9.17, 15) is 9.90 Å². The van der Waals surface area contributed by atoms with Crippen LogP contribution in [-0.2, 0) is 0 Å². The fraction of sp³-hybridized carbons (Fsp3) is 0.286. The molecule has 2 aromatic rings. The number of nitrogens with zero attached hydrogens (tertiary/aromatic N) is 2. The second kappa shape index (κ2) is 5.84. The fourth-order valence-corrected chi connectivity index (χ4v) is 2.55. The molecule has 0 aliphatic rings. The number of aromatic hydroxyl groups is 1. The summed E-state index contributed by atoms with van der Waals surface area (Å²) in [7, 11) is 0. The van der Waals surface area contributed by atoms with Crippen LogP contribution in [0.1, 0.15) is 35.9 Å². The summed E-state index contributed by atoms with van der Waals surface area (Å²) in [6.07, 6.45) is 0. The lowest BCUT2D eigenvalue weighted by molar-refractivity contribution is 0.0697. The number of carbonyl (C=O) groups excluding carboxylic acids is 1. The number of thiazole rings is 1. The Balaban J connectivity index is 2.24. The number of amides is 1. The van der Waals surface area contributed by atoms with Gasteiger partial charge in [-0.1, -0.05) is 12.1 Å². The van der Waals surface area contributed by atoms with E-state index in [0.717, 1.165) is 5.56 Å². The molecular weight excluding hydrogens is 260 g/mol. The van der Waals surface area contributed by atoms with Gasteiger partial charge < -0.3 is 10.0 Å². The summed E-state index contributed by atoms with van der Waals surface area (Å²) in [6.45, 7) is 4.47. The van der Waals surface area contributed by atoms with Crippen molar-refractivity contribution in [2.75, 3.05) is 6.54 Å². The zero-order chi connectivity index (χ0) is 13.8. The van der Waals surface area contributed by atoms with Crippen LogP contribution in [0.5, 0.6) is 5.75 Å². The maximum atomic E-state index is 12.3. The van der Waals surface area contributed by atoms with Crippen molar-refractivity contribution in [3.05, 3.63) is 46.4 Å². The number of hydrogen-bond donors (Lipinski definition) is 1.